The number of thiophene rings is 1. The molecule has 0 spiro atoms. The van der Waals surface area contributed by atoms with Crippen molar-refractivity contribution in [1.82, 2.24) is 5.43 Å². The van der Waals surface area contributed by atoms with Crippen molar-refractivity contribution in [2.45, 2.75) is 6.92 Å². The molecule has 1 aromatic carbocycles. The average Bonchev–Trinajstić information content (AvgIpc) is 3.04. The highest BCUT2D eigenvalue weighted by Gasteiger charge is 2.13. The zero-order valence-electron chi connectivity index (χ0n) is 12.0. The highest BCUT2D eigenvalue weighted by Crippen LogP contribution is 2.34. The second-order valence-electron chi connectivity index (χ2n) is 4.23. The molecule has 0 bridgehead atoms. The number of nitro benzene ring substituents is 1. The second-order valence-corrected chi connectivity index (χ2v) is 5.18. The summed E-state index contributed by atoms with van der Waals surface area (Å²) in [5, 5.41) is 28.2. The number of carbonyl (C=O) groups is 1. The Bertz CT molecular complexity index is 743. The van der Waals surface area contributed by atoms with Crippen LogP contribution < -0.4 is 15.3 Å². The van der Waals surface area contributed by atoms with E-state index in [-0.39, 0.29) is 17.9 Å². The van der Waals surface area contributed by atoms with Gasteiger partial charge in [0.2, 0.25) is 0 Å². The van der Waals surface area contributed by atoms with Gasteiger partial charge in [0.05, 0.1) is 22.6 Å². The molecular weight excluding hydrogens is 322 g/mol. The summed E-state index contributed by atoms with van der Waals surface area (Å²) in [5.74, 6) is -1.32. The Morgan fingerprint density at radius 3 is 2.91 bits per heavy atom. The van der Waals surface area contributed by atoms with Crippen LogP contribution in [0.2, 0.25) is 0 Å². The minimum absolute atomic E-state index is 0.132. The molecule has 0 aliphatic heterocycles. The number of carbonyl (C=O) groups excluding carboxylic acids is 1. The van der Waals surface area contributed by atoms with Crippen LogP contribution in [0.1, 0.15) is 22.2 Å². The van der Waals surface area contributed by atoms with E-state index in [4.69, 9.17) is 4.74 Å². The van der Waals surface area contributed by atoms with Crippen LogP contribution in [0.25, 0.3) is 0 Å². The van der Waals surface area contributed by atoms with Gasteiger partial charge in [-0.25, -0.2) is 5.43 Å². The maximum atomic E-state index is 11.8. The van der Waals surface area contributed by atoms with Crippen LogP contribution in [-0.4, -0.2) is 23.7 Å². The van der Waals surface area contributed by atoms with Gasteiger partial charge in [-0.05, 0) is 24.4 Å². The van der Waals surface area contributed by atoms with Gasteiger partial charge < -0.3 is 9.84 Å². The summed E-state index contributed by atoms with van der Waals surface area (Å²) in [6.07, 6.45) is 1.21. The minimum Gasteiger partial charge on any atom is -0.865 e. The number of nitro groups is 1. The van der Waals surface area contributed by atoms with E-state index in [0.29, 0.717) is 4.88 Å². The quantitative estimate of drug-likeness (QED) is 0.492. The van der Waals surface area contributed by atoms with Gasteiger partial charge in [-0.3, -0.25) is 14.9 Å². The zero-order valence-corrected chi connectivity index (χ0v) is 12.8. The van der Waals surface area contributed by atoms with Gasteiger partial charge in [0.15, 0.2) is 0 Å². The number of amides is 1. The molecule has 8 nitrogen and oxygen atoms in total. The molecule has 0 saturated heterocycles. The van der Waals surface area contributed by atoms with Crippen LogP contribution in [0.15, 0.2) is 34.7 Å². The summed E-state index contributed by atoms with van der Waals surface area (Å²) in [7, 11) is 0. The normalized spacial score (nSPS) is 10.7. The molecule has 2 aromatic rings. The lowest BCUT2D eigenvalue weighted by Gasteiger charge is -2.14. The molecular formula is C14H12N3O5S-. The van der Waals surface area contributed by atoms with Gasteiger partial charge in [-0.2, -0.15) is 5.10 Å². The molecule has 1 aromatic heterocycles. The van der Waals surface area contributed by atoms with Gasteiger partial charge in [-0.1, -0.05) is 6.07 Å². The van der Waals surface area contributed by atoms with Crippen molar-refractivity contribution in [3.63, 3.8) is 0 Å². The monoisotopic (exact) mass is 334 g/mol. The number of benzene rings is 1. The third-order valence-electron chi connectivity index (χ3n) is 2.68. The van der Waals surface area contributed by atoms with Crippen LogP contribution >= 0.6 is 11.3 Å². The summed E-state index contributed by atoms with van der Waals surface area (Å²) >= 11 is 1.26. The van der Waals surface area contributed by atoms with E-state index >= 15 is 0 Å². The van der Waals surface area contributed by atoms with E-state index in [1.807, 2.05) is 0 Å². The average molecular weight is 334 g/mol. The van der Waals surface area contributed by atoms with Gasteiger partial charge in [0.25, 0.3) is 11.6 Å². The number of hydrogen-bond donors (Lipinski definition) is 1. The van der Waals surface area contributed by atoms with Crippen LogP contribution in [0, 0.1) is 10.1 Å². The maximum absolute atomic E-state index is 11.8. The molecule has 1 heterocycles. The lowest BCUT2D eigenvalue weighted by molar-refractivity contribution is -0.398. The topological polar surface area (TPSA) is 117 Å². The highest BCUT2D eigenvalue weighted by molar-refractivity contribution is 7.12. The molecule has 0 aliphatic carbocycles. The van der Waals surface area contributed by atoms with Crippen molar-refractivity contribution >= 4 is 29.1 Å². The molecule has 0 fully saturated rings. The first-order valence-electron chi connectivity index (χ1n) is 6.52. The van der Waals surface area contributed by atoms with E-state index in [0.717, 1.165) is 6.07 Å². The van der Waals surface area contributed by atoms with Crippen molar-refractivity contribution in [3.05, 3.63) is 50.2 Å². The first-order valence-corrected chi connectivity index (χ1v) is 7.40. The van der Waals surface area contributed by atoms with Gasteiger partial charge >= 0.3 is 0 Å². The van der Waals surface area contributed by atoms with Crippen LogP contribution in [-0.2, 0) is 0 Å². The third kappa shape index (κ3) is 4.04. The Hall–Kier alpha value is -2.94. The fourth-order valence-corrected chi connectivity index (χ4v) is 2.32. The molecule has 9 heteroatoms. The summed E-state index contributed by atoms with van der Waals surface area (Å²) in [6, 6.07) is 5.78. The van der Waals surface area contributed by atoms with E-state index < -0.39 is 22.3 Å². The van der Waals surface area contributed by atoms with Crippen LogP contribution in [0.5, 0.6) is 11.5 Å². The summed E-state index contributed by atoms with van der Waals surface area (Å²) in [5.41, 5.74) is 1.96. The van der Waals surface area contributed by atoms with Crippen molar-refractivity contribution in [1.29, 1.82) is 0 Å². The first kappa shape index (κ1) is 16.4. The molecule has 0 aliphatic rings. The Kier molecular flexibility index (Phi) is 5.26. The maximum Gasteiger partial charge on any atom is 0.281 e. The van der Waals surface area contributed by atoms with Gasteiger partial charge in [0, 0.05) is 17.4 Å². The van der Waals surface area contributed by atoms with E-state index in [1.165, 1.54) is 23.6 Å². The van der Waals surface area contributed by atoms with Gasteiger partial charge in [-0.15, -0.1) is 11.3 Å². The summed E-state index contributed by atoms with van der Waals surface area (Å²) < 4.78 is 5.09. The standard InChI is InChI=1S/C14H13N3O5S/c1-2-22-11-7-9(6-10(13(11)18)17(20)21)8-15-16-14(19)12-4-3-5-23-12/h3-8,18H,2H2,1H3,(H,16,19)/p-1/b15-8-. The van der Waals surface area contributed by atoms with E-state index in [1.54, 1.807) is 24.4 Å². The van der Waals surface area contributed by atoms with Crippen molar-refractivity contribution in [2.24, 2.45) is 5.10 Å². The molecule has 2 rings (SSSR count). The SMILES string of the molecule is CCOc1cc(/C=N\NC(=O)c2cccs2)cc([N+](=O)[O-])c1[O-]. The number of nitrogens with one attached hydrogen (secondary N) is 1. The Balaban J connectivity index is 2.20. The number of ether oxygens (including phenoxy) is 1. The lowest BCUT2D eigenvalue weighted by Crippen LogP contribution is -2.16. The number of nitrogens with zero attached hydrogens (tertiary/aromatic N) is 2. The molecule has 120 valence electrons. The van der Waals surface area contributed by atoms with E-state index in [2.05, 4.69) is 10.5 Å². The largest absolute Gasteiger partial charge is 0.865 e. The number of hydrogen-bond acceptors (Lipinski definition) is 7. The van der Waals surface area contributed by atoms with Gasteiger partial charge in [0.1, 0.15) is 5.75 Å². The molecule has 0 unspecified atom stereocenters. The van der Waals surface area contributed by atoms with Crippen molar-refractivity contribution in [3.8, 4) is 11.5 Å². The minimum atomic E-state index is -0.795. The van der Waals surface area contributed by atoms with E-state index in [9.17, 15) is 20.0 Å². The smallest absolute Gasteiger partial charge is 0.281 e. The number of hydrazone groups is 1. The Morgan fingerprint density at radius 1 is 1.52 bits per heavy atom. The fourth-order valence-electron chi connectivity index (χ4n) is 1.71. The molecule has 0 saturated carbocycles. The molecule has 23 heavy (non-hydrogen) atoms. The molecule has 0 atom stereocenters. The second kappa shape index (κ2) is 7.36. The fraction of sp³-hybridized carbons (Fsp3) is 0.143. The summed E-state index contributed by atoms with van der Waals surface area (Å²) in [4.78, 5) is 22.3. The zero-order chi connectivity index (χ0) is 16.8. The lowest BCUT2D eigenvalue weighted by atomic mass is 10.2. The van der Waals surface area contributed by atoms with Crippen LogP contribution in [0.4, 0.5) is 5.69 Å². The Morgan fingerprint density at radius 2 is 2.30 bits per heavy atom. The molecule has 0 radical (unpaired) electrons. The summed E-state index contributed by atoms with van der Waals surface area (Å²) in [6.45, 7) is 1.86. The predicted molar refractivity (Wildman–Crippen MR) is 83.1 cm³/mol. The number of rotatable bonds is 6. The van der Waals surface area contributed by atoms with Crippen molar-refractivity contribution < 1.29 is 19.6 Å². The highest BCUT2D eigenvalue weighted by atomic mass is 32.1. The van der Waals surface area contributed by atoms with Crippen LogP contribution in [0.3, 0.4) is 0 Å². The van der Waals surface area contributed by atoms with Crippen molar-refractivity contribution in [2.75, 3.05) is 6.61 Å². The predicted octanol–water partition coefficient (Wildman–Crippen LogP) is 1.89. The third-order valence-corrected chi connectivity index (χ3v) is 3.55. The molecule has 1 N–H and O–H groups in total. The molecule has 1 amide bonds. The Labute approximate surface area is 135 Å². The first-order chi connectivity index (χ1) is 11.0.